The van der Waals surface area contributed by atoms with E-state index >= 15 is 0 Å². The normalized spacial score (nSPS) is 11.5. The van der Waals surface area contributed by atoms with Crippen molar-refractivity contribution in [3.63, 3.8) is 0 Å². The van der Waals surface area contributed by atoms with Gasteiger partial charge in [-0.1, -0.05) is 176 Å². The van der Waals surface area contributed by atoms with Gasteiger partial charge in [0.2, 0.25) is 0 Å². The molecule has 0 aliphatic heterocycles. The number of furan rings is 1. The van der Waals surface area contributed by atoms with E-state index in [1.54, 1.807) is 0 Å². The summed E-state index contributed by atoms with van der Waals surface area (Å²) in [6.07, 6.45) is 0. The minimum absolute atomic E-state index is 0.578. The lowest BCUT2D eigenvalue weighted by atomic mass is 9.98. The molecule has 2 aromatic heterocycles. The highest BCUT2D eigenvalue weighted by molar-refractivity contribution is 6.25. The first kappa shape index (κ1) is 35.5. The third-order valence-corrected chi connectivity index (χ3v) is 11.9. The van der Waals surface area contributed by atoms with Crippen LogP contribution in [0.3, 0.4) is 0 Å². The summed E-state index contributed by atoms with van der Waals surface area (Å²) in [5, 5.41) is 8.81. The van der Waals surface area contributed by atoms with Crippen molar-refractivity contribution < 1.29 is 4.42 Å². The molecule has 12 rings (SSSR count). The average molecular weight is 793 g/mol. The van der Waals surface area contributed by atoms with Gasteiger partial charge in [-0.3, -0.25) is 0 Å². The molecule has 5 heteroatoms. The Bertz CT molecular complexity index is 3640. The zero-order chi connectivity index (χ0) is 41.0. The number of hydrogen-bond donors (Lipinski definition) is 0. The minimum atomic E-state index is 0.578. The summed E-state index contributed by atoms with van der Waals surface area (Å²) >= 11 is 0. The van der Waals surface area contributed by atoms with E-state index in [0.717, 1.165) is 88.4 Å². The summed E-state index contributed by atoms with van der Waals surface area (Å²) < 4.78 is 6.89. The smallest absolute Gasteiger partial charge is 0.164 e. The average Bonchev–Trinajstić information content (AvgIpc) is 3.73. The van der Waals surface area contributed by atoms with Crippen LogP contribution in [0.25, 0.3) is 99.5 Å². The van der Waals surface area contributed by atoms with E-state index in [2.05, 4.69) is 205 Å². The minimum Gasteiger partial charge on any atom is -0.456 e. The SMILES string of the molecule is c1ccc(-c2ccc(-c3nc(-c4ccc5ccccc5c4)nc(-c4cccc5oc6cc(N(c7ccccc7)c7ccc8ccccc8c7)c7ccccc7c6c45)n3)cc2)cc1. The molecule has 0 unspecified atom stereocenters. The molecule has 0 aliphatic carbocycles. The van der Waals surface area contributed by atoms with Crippen molar-refractivity contribution in [2.45, 2.75) is 0 Å². The number of nitrogens with zero attached hydrogens (tertiary/aromatic N) is 4. The highest BCUT2D eigenvalue weighted by atomic mass is 16.3. The molecule has 0 atom stereocenters. The molecule has 0 fully saturated rings. The number of fused-ring (bicyclic) bond motifs is 7. The summed E-state index contributed by atoms with van der Waals surface area (Å²) in [6.45, 7) is 0. The Kier molecular flexibility index (Phi) is 8.42. The standard InChI is InChI=1S/C57H36N4O/c1-3-14-37(15-4-1)40-26-29-41(30-27-40)55-58-56(44-31-28-38-16-7-9-18-42(38)34-44)60-57(59-55)49-24-13-25-51-54(49)53-48-23-12-11-22-47(48)50(36-52(53)62-51)61(45-20-5-2-6-21-45)46-33-32-39-17-8-10-19-43(39)35-46/h1-36H. The van der Waals surface area contributed by atoms with Crippen LogP contribution in [0.1, 0.15) is 0 Å². The number of anilines is 3. The quantitative estimate of drug-likeness (QED) is 0.161. The van der Waals surface area contributed by atoms with Gasteiger partial charge >= 0.3 is 0 Å². The Morgan fingerprint density at radius 2 is 0.887 bits per heavy atom. The van der Waals surface area contributed by atoms with Gasteiger partial charge in [0.25, 0.3) is 0 Å². The van der Waals surface area contributed by atoms with Crippen LogP contribution in [0.2, 0.25) is 0 Å². The third kappa shape index (κ3) is 6.14. The summed E-state index contributed by atoms with van der Waals surface area (Å²) in [5.74, 6) is 1.78. The van der Waals surface area contributed by atoms with Gasteiger partial charge in [-0.15, -0.1) is 0 Å². The van der Waals surface area contributed by atoms with Crippen molar-refractivity contribution in [2.75, 3.05) is 4.90 Å². The van der Waals surface area contributed by atoms with Crippen LogP contribution in [0.4, 0.5) is 17.1 Å². The van der Waals surface area contributed by atoms with Crippen LogP contribution < -0.4 is 4.90 Å². The van der Waals surface area contributed by atoms with Gasteiger partial charge in [-0.05, 0) is 74.5 Å². The molecule has 0 amide bonds. The Morgan fingerprint density at radius 1 is 0.323 bits per heavy atom. The number of para-hydroxylation sites is 1. The molecule has 0 saturated heterocycles. The van der Waals surface area contributed by atoms with E-state index < -0.39 is 0 Å². The van der Waals surface area contributed by atoms with Crippen molar-refractivity contribution >= 4 is 71.3 Å². The zero-order valence-corrected chi connectivity index (χ0v) is 33.5. The lowest BCUT2D eigenvalue weighted by Gasteiger charge is -2.27. The molecule has 0 saturated carbocycles. The molecule has 2 heterocycles. The maximum atomic E-state index is 6.89. The maximum absolute atomic E-state index is 6.89. The number of hydrogen-bond acceptors (Lipinski definition) is 5. The lowest BCUT2D eigenvalue weighted by Crippen LogP contribution is -2.10. The predicted molar refractivity (Wildman–Crippen MR) is 256 cm³/mol. The first-order valence-electron chi connectivity index (χ1n) is 20.8. The second kappa shape index (κ2) is 14.7. The summed E-state index contributed by atoms with van der Waals surface area (Å²) in [5.41, 5.74) is 9.67. The van der Waals surface area contributed by atoms with E-state index in [0.29, 0.717) is 17.5 Å². The maximum Gasteiger partial charge on any atom is 0.164 e. The molecule has 290 valence electrons. The van der Waals surface area contributed by atoms with E-state index in [1.807, 2.05) is 18.2 Å². The summed E-state index contributed by atoms with van der Waals surface area (Å²) in [4.78, 5) is 18.0. The number of rotatable bonds is 7. The second-order valence-electron chi connectivity index (χ2n) is 15.6. The van der Waals surface area contributed by atoms with Gasteiger partial charge in [0.15, 0.2) is 17.5 Å². The van der Waals surface area contributed by atoms with Crippen molar-refractivity contribution in [3.8, 4) is 45.3 Å². The van der Waals surface area contributed by atoms with E-state index in [1.165, 1.54) is 10.8 Å². The molecule has 5 nitrogen and oxygen atoms in total. The van der Waals surface area contributed by atoms with Crippen LogP contribution in [0.15, 0.2) is 223 Å². The Hall–Kier alpha value is -8.41. The molecule has 12 aromatic rings. The monoisotopic (exact) mass is 792 g/mol. The summed E-state index contributed by atoms with van der Waals surface area (Å²) in [7, 11) is 0. The molecular formula is C57H36N4O. The van der Waals surface area contributed by atoms with Gasteiger partial charge in [-0.2, -0.15) is 0 Å². The molecular weight excluding hydrogens is 757 g/mol. The fraction of sp³-hybridized carbons (Fsp3) is 0. The van der Waals surface area contributed by atoms with Crippen LogP contribution in [-0.4, -0.2) is 15.0 Å². The van der Waals surface area contributed by atoms with Gasteiger partial charge < -0.3 is 9.32 Å². The Labute approximate surface area is 357 Å². The molecule has 0 radical (unpaired) electrons. The second-order valence-corrected chi connectivity index (χ2v) is 15.6. The van der Waals surface area contributed by atoms with Gasteiger partial charge in [0.05, 0.1) is 5.69 Å². The van der Waals surface area contributed by atoms with Crippen molar-refractivity contribution in [2.24, 2.45) is 0 Å². The molecule has 0 N–H and O–H groups in total. The molecule has 0 bridgehead atoms. The van der Waals surface area contributed by atoms with Crippen molar-refractivity contribution in [3.05, 3.63) is 218 Å². The molecule has 0 spiro atoms. The van der Waals surface area contributed by atoms with Crippen LogP contribution in [0.5, 0.6) is 0 Å². The van der Waals surface area contributed by atoms with Crippen LogP contribution >= 0.6 is 0 Å². The molecule has 0 aliphatic rings. The molecule has 62 heavy (non-hydrogen) atoms. The first-order valence-corrected chi connectivity index (χ1v) is 20.8. The van der Waals surface area contributed by atoms with Crippen molar-refractivity contribution in [1.82, 2.24) is 15.0 Å². The highest BCUT2D eigenvalue weighted by Crippen LogP contribution is 2.46. The predicted octanol–water partition coefficient (Wildman–Crippen LogP) is 15.4. The summed E-state index contributed by atoms with van der Waals surface area (Å²) in [6, 6.07) is 76.3. The van der Waals surface area contributed by atoms with Gasteiger partial charge in [-0.25, -0.2) is 15.0 Å². The number of benzene rings is 10. The fourth-order valence-electron chi connectivity index (χ4n) is 8.88. The zero-order valence-electron chi connectivity index (χ0n) is 33.5. The largest absolute Gasteiger partial charge is 0.456 e. The van der Waals surface area contributed by atoms with E-state index in [-0.39, 0.29) is 0 Å². The Morgan fingerprint density at radius 3 is 1.65 bits per heavy atom. The van der Waals surface area contributed by atoms with E-state index in [9.17, 15) is 0 Å². The van der Waals surface area contributed by atoms with Crippen LogP contribution in [-0.2, 0) is 0 Å². The topological polar surface area (TPSA) is 55.1 Å². The van der Waals surface area contributed by atoms with Crippen LogP contribution in [0, 0.1) is 0 Å². The highest BCUT2D eigenvalue weighted by Gasteiger charge is 2.23. The van der Waals surface area contributed by atoms with Crippen molar-refractivity contribution in [1.29, 1.82) is 0 Å². The van der Waals surface area contributed by atoms with Gasteiger partial charge in [0, 0.05) is 50.3 Å². The van der Waals surface area contributed by atoms with Gasteiger partial charge in [0.1, 0.15) is 11.2 Å². The third-order valence-electron chi connectivity index (χ3n) is 11.9. The van der Waals surface area contributed by atoms with E-state index in [4.69, 9.17) is 19.4 Å². The Balaban J connectivity index is 1.08. The molecule has 10 aromatic carbocycles. The first-order chi connectivity index (χ1) is 30.7. The fourth-order valence-corrected chi connectivity index (χ4v) is 8.88. The lowest BCUT2D eigenvalue weighted by molar-refractivity contribution is 0.669. The number of aromatic nitrogens is 3.